The molecule has 0 amide bonds. The first-order valence-electron chi connectivity index (χ1n) is 11.2. The van der Waals surface area contributed by atoms with Crippen LogP contribution in [0.25, 0.3) is 10.9 Å². The summed E-state index contributed by atoms with van der Waals surface area (Å²) < 4.78 is 39.4. The number of hydrogen-bond donors (Lipinski definition) is 1. The van der Waals surface area contributed by atoms with Gasteiger partial charge in [-0.2, -0.15) is 4.31 Å². The van der Waals surface area contributed by atoms with E-state index >= 15 is 0 Å². The molecule has 34 heavy (non-hydrogen) atoms. The quantitative estimate of drug-likeness (QED) is 0.487. The molecule has 0 spiro atoms. The van der Waals surface area contributed by atoms with Crippen LogP contribution in [0.3, 0.4) is 0 Å². The molecule has 3 aromatic rings. The van der Waals surface area contributed by atoms with E-state index in [1.165, 1.54) is 49.7 Å². The summed E-state index contributed by atoms with van der Waals surface area (Å²) in [6.45, 7) is 1.38. The Morgan fingerprint density at radius 2 is 1.65 bits per heavy atom. The van der Waals surface area contributed by atoms with Gasteiger partial charge in [-0.25, -0.2) is 8.42 Å². The van der Waals surface area contributed by atoms with Gasteiger partial charge in [0, 0.05) is 35.2 Å². The van der Waals surface area contributed by atoms with Crippen molar-refractivity contribution in [2.24, 2.45) is 0 Å². The van der Waals surface area contributed by atoms with Crippen molar-refractivity contribution in [2.45, 2.75) is 50.1 Å². The Hall–Kier alpha value is -3.17. The minimum absolute atomic E-state index is 0.0545. The smallest absolute Gasteiger partial charge is 0.252 e. The first kappa shape index (κ1) is 24.0. The van der Waals surface area contributed by atoms with Crippen molar-refractivity contribution in [2.75, 3.05) is 14.2 Å². The molecule has 4 rings (SSSR count). The number of sulfonamides is 1. The number of ether oxygens (including phenoxy) is 2. The molecule has 1 N–H and O–H groups in total. The monoisotopic (exact) mass is 484 g/mol. The van der Waals surface area contributed by atoms with Gasteiger partial charge in [-0.05, 0) is 44.0 Å². The fraction of sp³-hybridized carbons (Fsp3) is 0.360. The lowest BCUT2D eigenvalue weighted by atomic mass is 10.1. The van der Waals surface area contributed by atoms with Gasteiger partial charge in [-0.15, -0.1) is 0 Å². The highest BCUT2D eigenvalue weighted by molar-refractivity contribution is 7.89. The van der Waals surface area contributed by atoms with Crippen LogP contribution in [-0.4, -0.2) is 43.8 Å². The zero-order valence-electron chi connectivity index (χ0n) is 19.5. The third-order valence-corrected chi connectivity index (χ3v) is 8.26. The van der Waals surface area contributed by atoms with Crippen molar-refractivity contribution in [3.63, 3.8) is 0 Å². The summed E-state index contributed by atoms with van der Waals surface area (Å²) in [6.07, 6.45) is 3.35. The number of carbonyl (C=O) groups excluding carboxylic acids is 1. The highest BCUT2D eigenvalue weighted by atomic mass is 32.2. The van der Waals surface area contributed by atoms with E-state index in [1.807, 2.05) is 0 Å². The second-order valence-electron chi connectivity index (χ2n) is 8.49. The molecule has 0 radical (unpaired) electrons. The number of aromatic amines is 1. The van der Waals surface area contributed by atoms with Gasteiger partial charge in [-0.3, -0.25) is 9.59 Å². The number of benzene rings is 2. The van der Waals surface area contributed by atoms with Crippen LogP contribution in [0, 0.1) is 0 Å². The molecule has 1 heterocycles. The van der Waals surface area contributed by atoms with Gasteiger partial charge >= 0.3 is 0 Å². The standard InChI is InChI=1S/C25H28N2O6S/c1-16(28)17-8-10-21(11-9-17)34(30,31)27(20-6-4-5-7-20)15-19-12-18-13-23(32-2)24(33-3)14-22(18)26-25(19)29/h8-14,20H,4-7,15H2,1-3H3,(H,26,29). The second-order valence-corrected chi connectivity index (χ2v) is 10.4. The summed E-state index contributed by atoms with van der Waals surface area (Å²) in [7, 11) is -0.847. The molecule has 0 atom stereocenters. The summed E-state index contributed by atoms with van der Waals surface area (Å²) in [4.78, 5) is 27.5. The van der Waals surface area contributed by atoms with Crippen LogP contribution in [0.2, 0.25) is 0 Å². The Balaban J connectivity index is 1.76. The van der Waals surface area contributed by atoms with Crippen LogP contribution in [0.15, 0.2) is 52.2 Å². The molecule has 1 aliphatic rings. The minimum atomic E-state index is -3.89. The Bertz CT molecular complexity index is 1370. The van der Waals surface area contributed by atoms with Crippen LogP contribution in [0.1, 0.15) is 48.5 Å². The first-order valence-corrected chi connectivity index (χ1v) is 12.6. The molecule has 0 unspecified atom stereocenters. The van der Waals surface area contributed by atoms with E-state index in [0.717, 1.165) is 25.7 Å². The van der Waals surface area contributed by atoms with E-state index in [0.29, 0.717) is 33.5 Å². The fourth-order valence-electron chi connectivity index (χ4n) is 4.46. The number of H-pyrrole nitrogens is 1. The third-order valence-electron chi connectivity index (χ3n) is 6.35. The maximum atomic E-state index is 13.7. The van der Waals surface area contributed by atoms with E-state index < -0.39 is 10.0 Å². The number of aromatic nitrogens is 1. The summed E-state index contributed by atoms with van der Waals surface area (Å²) >= 11 is 0. The van der Waals surface area contributed by atoms with Gasteiger partial charge in [0.05, 0.1) is 24.6 Å². The molecule has 0 bridgehead atoms. The number of pyridine rings is 1. The molecule has 1 aromatic heterocycles. The van der Waals surface area contributed by atoms with E-state index in [1.54, 1.807) is 18.2 Å². The van der Waals surface area contributed by atoms with Gasteiger partial charge in [0.1, 0.15) is 0 Å². The molecule has 1 saturated carbocycles. The van der Waals surface area contributed by atoms with E-state index in [4.69, 9.17) is 9.47 Å². The van der Waals surface area contributed by atoms with Crippen molar-refractivity contribution in [3.05, 3.63) is 63.9 Å². The van der Waals surface area contributed by atoms with E-state index in [9.17, 15) is 18.0 Å². The molecule has 2 aromatic carbocycles. The highest BCUT2D eigenvalue weighted by Gasteiger charge is 2.34. The Morgan fingerprint density at radius 1 is 1.03 bits per heavy atom. The lowest BCUT2D eigenvalue weighted by Crippen LogP contribution is -2.39. The number of carbonyl (C=O) groups is 1. The summed E-state index contributed by atoms with van der Waals surface area (Å²) in [6, 6.07) is 10.9. The molecule has 9 heteroatoms. The Kier molecular flexibility index (Phi) is 6.77. The molecule has 0 saturated heterocycles. The lowest BCUT2D eigenvalue weighted by Gasteiger charge is -2.28. The minimum Gasteiger partial charge on any atom is -0.493 e. The average Bonchev–Trinajstić information content (AvgIpc) is 3.36. The number of hydrogen-bond acceptors (Lipinski definition) is 6. The molecule has 0 aliphatic heterocycles. The molecule has 1 aliphatic carbocycles. The summed E-state index contributed by atoms with van der Waals surface area (Å²) in [5, 5.41) is 0.710. The second kappa shape index (κ2) is 9.60. The number of nitrogens with zero attached hydrogens (tertiary/aromatic N) is 1. The van der Waals surface area contributed by atoms with Gasteiger partial charge in [-0.1, -0.05) is 25.0 Å². The van der Waals surface area contributed by atoms with Crippen molar-refractivity contribution in [1.29, 1.82) is 0 Å². The predicted molar refractivity (Wildman–Crippen MR) is 129 cm³/mol. The van der Waals surface area contributed by atoms with Gasteiger partial charge in [0.25, 0.3) is 5.56 Å². The third kappa shape index (κ3) is 4.58. The lowest BCUT2D eigenvalue weighted by molar-refractivity contribution is 0.101. The number of Topliss-reactive ketones (excluding diaryl/α,β-unsaturated/α-hetero) is 1. The summed E-state index contributed by atoms with van der Waals surface area (Å²) in [5.74, 6) is 0.868. The van der Waals surface area contributed by atoms with E-state index in [2.05, 4.69) is 4.98 Å². The van der Waals surface area contributed by atoms with Crippen LogP contribution >= 0.6 is 0 Å². The van der Waals surface area contributed by atoms with Crippen LogP contribution < -0.4 is 15.0 Å². The zero-order chi connectivity index (χ0) is 24.5. The molecule has 8 nitrogen and oxygen atoms in total. The molecular formula is C25H28N2O6S. The van der Waals surface area contributed by atoms with Crippen LogP contribution in [0.5, 0.6) is 11.5 Å². The summed E-state index contributed by atoms with van der Waals surface area (Å²) in [5.41, 5.74) is 1.00. The van der Waals surface area contributed by atoms with E-state index in [-0.39, 0.29) is 28.8 Å². The number of ketones is 1. The highest BCUT2D eigenvalue weighted by Crippen LogP contribution is 2.33. The van der Waals surface area contributed by atoms with Crippen molar-refractivity contribution < 1.29 is 22.7 Å². The van der Waals surface area contributed by atoms with Crippen molar-refractivity contribution in [3.8, 4) is 11.5 Å². The van der Waals surface area contributed by atoms with Crippen molar-refractivity contribution >= 4 is 26.7 Å². The van der Waals surface area contributed by atoms with Gasteiger partial charge in [0.15, 0.2) is 17.3 Å². The topological polar surface area (TPSA) is 106 Å². The maximum absolute atomic E-state index is 13.7. The van der Waals surface area contributed by atoms with Crippen molar-refractivity contribution in [1.82, 2.24) is 9.29 Å². The van der Waals surface area contributed by atoms with Gasteiger partial charge in [0.2, 0.25) is 10.0 Å². The number of methoxy groups -OCH3 is 2. The number of rotatable bonds is 8. The fourth-order valence-corrected chi connectivity index (χ4v) is 6.13. The molecular weight excluding hydrogens is 456 g/mol. The predicted octanol–water partition coefficient (Wildman–Crippen LogP) is 3.88. The zero-order valence-corrected chi connectivity index (χ0v) is 20.3. The normalized spacial score (nSPS) is 14.6. The molecule has 180 valence electrons. The largest absolute Gasteiger partial charge is 0.493 e. The Labute approximate surface area is 198 Å². The van der Waals surface area contributed by atoms with Gasteiger partial charge < -0.3 is 14.5 Å². The Morgan fingerprint density at radius 3 is 2.24 bits per heavy atom. The van der Waals surface area contributed by atoms with Crippen LogP contribution in [0.4, 0.5) is 0 Å². The SMILES string of the molecule is COc1cc2cc(CN(C3CCCC3)S(=O)(=O)c3ccc(C(C)=O)cc3)c(=O)[nH]c2cc1OC. The average molecular weight is 485 g/mol. The molecule has 1 fully saturated rings. The number of nitrogens with one attached hydrogen (secondary N) is 1. The van der Waals surface area contributed by atoms with Crippen LogP contribution in [-0.2, 0) is 16.6 Å². The first-order chi connectivity index (χ1) is 16.2. The number of fused-ring (bicyclic) bond motifs is 1. The maximum Gasteiger partial charge on any atom is 0.252 e.